The number of carboxylic acid groups (broad SMARTS) is 1. The first-order valence-electron chi connectivity index (χ1n) is 17.2. The molecule has 0 radical (unpaired) electrons. The lowest BCUT2D eigenvalue weighted by molar-refractivity contribution is -0.144. The van der Waals surface area contributed by atoms with Gasteiger partial charge >= 0.3 is 5.97 Å². The summed E-state index contributed by atoms with van der Waals surface area (Å²) in [5, 5.41) is 12.9. The Morgan fingerprint density at radius 3 is 2.48 bits per heavy atom. The van der Waals surface area contributed by atoms with Crippen LogP contribution in [0.15, 0.2) is 42.6 Å². The van der Waals surface area contributed by atoms with Crippen molar-refractivity contribution in [2.24, 2.45) is 13.0 Å². The molecule has 14 heteroatoms. The van der Waals surface area contributed by atoms with Crippen LogP contribution in [0.5, 0.6) is 0 Å². The van der Waals surface area contributed by atoms with Gasteiger partial charge in [-0.05, 0) is 55.9 Å². The molecule has 6 rings (SSSR count). The second kappa shape index (κ2) is 15.7. The van der Waals surface area contributed by atoms with Crippen molar-refractivity contribution in [3.8, 4) is 0 Å². The lowest BCUT2D eigenvalue weighted by Crippen LogP contribution is -2.52. The normalized spacial score (nSPS) is 23.5. The minimum Gasteiger partial charge on any atom is -0.481 e. The molecular formula is C36H43ClF3N5O5. The van der Waals surface area contributed by atoms with Crippen LogP contribution in [0.1, 0.15) is 48.0 Å². The van der Waals surface area contributed by atoms with Crippen molar-refractivity contribution in [3.05, 3.63) is 64.6 Å². The topological polar surface area (TPSA) is 107 Å². The number of benzene rings is 2. The number of carbonyl (C=O) groups excluding carboxylic acids is 2. The van der Waals surface area contributed by atoms with Crippen molar-refractivity contribution in [1.82, 2.24) is 19.3 Å². The van der Waals surface area contributed by atoms with Crippen molar-refractivity contribution in [1.29, 1.82) is 0 Å². The van der Waals surface area contributed by atoms with Gasteiger partial charge in [0.25, 0.3) is 12.3 Å². The smallest absolute Gasteiger partial charge is 0.306 e. The lowest BCUT2D eigenvalue weighted by Gasteiger charge is -2.37. The maximum Gasteiger partial charge on any atom is 0.306 e. The van der Waals surface area contributed by atoms with Gasteiger partial charge in [0.15, 0.2) is 0 Å². The van der Waals surface area contributed by atoms with E-state index in [0.29, 0.717) is 70.4 Å². The molecule has 50 heavy (non-hydrogen) atoms. The van der Waals surface area contributed by atoms with E-state index in [1.165, 1.54) is 6.07 Å². The van der Waals surface area contributed by atoms with Gasteiger partial charge < -0.3 is 24.6 Å². The molecule has 3 aliphatic rings. The summed E-state index contributed by atoms with van der Waals surface area (Å²) in [6.45, 7) is 2.61. The highest BCUT2D eigenvalue weighted by molar-refractivity contribution is 6.34. The van der Waals surface area contributed by atoms with Crippen LogP contribution < -0.4 is 5.32 Å². The molecule has 3 aromatic rings. The second-order valence-corrected chi connectivity index (χ2v) is 14.1. The maximum atomic E-state index is 15.5. The molecular weight excluding hydrogens is 675 g/mol. The minimum absolute atomic E-state index is 0.0101. The zero-order valence-electron chi connectivity index (χ0n) is 28.0. The number of nitrogens with zero attached hydrogens (tertiary/aromatic N) is 4. The summed E-state index contributed by atoms with van der Waals surface area (Å²) in [6.07, 6.45) is 1.90. The third kappa shape index (κ3) is 8.28. The van der Waals surface area contributed by atoms with Gasteiger partial charge in [0.05, 0.1) is 53.9 Å². The number of halogens is 4. The number of amides is 2. The number of anilines is 1. The quantitative estimate of drug-likeness (QED) is 0.278. The number of carbonyl (C=O) groups is 3. The number of likely N-dealkylation sites (tertiary alicyclic amines) is 1. The van der Waals surface area contributed by atoms with Gasteiger partial charge in [-0.25, -0.2) is 13.2 Å². The number of hydrogen-bond acceptors (Lipinski definition) is 6. The van der Waals surface area contributed by atoms with Gasteiger partial charge in [-0.15, -0.1) is 0 Å². The Morgan fingerprint density at radius 1 is 1.06 bits per heavy atom. The fraction of sp³-hybridized carbons (Fsp3) is 0.528. The van der Waals surface area contributed by atoms with Crippen LogP contribution in [0.3, 0.4) is 0 Å². The summed E-state index contributed by atoms with van der Waals surface area (Å²) in [7, 11) is 1.83. The van der Waals surface area contributed by atoms with E-state index >= 15 is 4.39 Å². The molecule has 2 amide bonds. The number of piperazine rings is 1. The first-order valence-corrected chi connectivity index (χ1v) is 17.6. The van der Waals surface area contributed by atoms with Gasteiger partial charge in [0, 0.05) is 62.9 Å². The van der Waals surface area contributed by atoms with Gasteiger partial charge in [0.1, 0.15) is 5.82 Å². The van der Waals surface area contributed by atoms with Crippen molar-refractivity contribution in [2.45, 2.75) is 63.1 Å². The first-order chi connectivity index (χ1) is 24.0. The molecule has 1 aromatic heterocycles. The Kier molecular flexibility index (Phi) is 11.4. The second-order valence-electron chi connectivity index (χ2n) is 13.7. The molecule has 3 heterocycles. The summed E-state index contributed by atoms with van der Waals surface area (Å²) in [5.41, 5.74) is 1.48. The Hall–Kier alpha value is -3.65. The number of fused-ring (bicyclic) bond motifs is 1. The van der Waals surface area contributed by atoms with E-state index < -0.39 is 24.1 Å². The molecule has 0 unspecified atom stereocenters. The third-order valence-corrected chi connectivity index (χ3v) is 10.8. The SMILES string of the molecule is Cn1cc(C(=O)Nc2cc(F)c(CC(=O)N3C[C@@H](N4CCN(CC(F)F)CC4)C[C@H]3CO[C@H]3CC[C@H](C(=O)O)CC3)cc2Cl)c2ccccc21. The van der Waals surface area contributed by atoms with Gasteiger partial charge in [-0.2, -0.15) is 0 Å². The molecule has 270 valence electrons. The Bertz CT molecular complexity index is 1710. The molecule has 3 fully saturated rings. The van der Waals surface area contributed by atoms with Crippen LogP contribution in [-0.2, 0) is 27.8 Å². The highest BCUT2D eigenvalue weighted by Gasteiger charge is 2.40. The Labute approximate surface area is 294 Å². The molecule has 2 N–H and O–H groups in total. The summed E-state index contributed by atoms with van der Waals surface area (Å²) >= 11 is 6.54. The summed E-state index contributed by atoms with van der Waals surface area (Å²) in [5.74, 6) is -2.57. The Balaban J connectivity index is 1.12. The monoisotopic (exact) mass is 717 g/mol. The van der Waals surface area contributed by atoms with E-state index in [9.17, 15) is 28.3 Å². The standard InChI is InChI=1S/C36H43ClF3N5O5/c1-42-19-28(27-4-2-3-5-32(27)42)35(47)41-31-17-30(38)23(14-29(31)37)15-34(46)45-18-24(44-12-10-43(11-13-44)20-33(39)40)16-25(45)21-50-26-8-6-22(7-9-26)36(48)49/h2-5,14,17,19,22,24-26,33H,6-13,15-16,18,20-21H2,1H3,(H,41,47)(H,48,49)/t22-,24-,25-,26-/m0/s1. The summed E-state index contributed by atoms with van der Waals surface area (Å²) in [4.78, 5) is 44.1. The molecule has 2 atom stereocenters. The lowest BCUT2D eigenvalue weighted by atomic mass is 9.87. The fourth-order valence-electron chi connectivity index (χ4n) is 7.65. The number of hydrogen-bond donors (Lipinski definition) is 2. The zero-order valence-corrected chi connectivity index (χ0v) is 28.8. The maximum absolute atomic E-state index is 15.5. The summed E-state index contributed by atoms with van der Waals surface area (Å²) < 4.78 is 49.5. The van der Waals surface area contributed by atoms with E-state index in [-0.39, 0.29) is 65.9 Å². The van der Waals surface area contributed by atoms with Crippen molar-refractivity contribution in [3.63, 3.8) is 0 Å². The molecule has 10 nitrogen and oxygen atoms in total. The highest BCUT2D eigenvalue weighted by atomic mass is 35.5. The average molecular weight is 718 g/mol. The van der Waals surface area contributed by atoms with Crippen LogP contribution >= 0.6 is 11.6 Å². The number of rotatable bonds is 11. The van der Waals surface area contributed by atoms with Gasteiger partial charge in [-0.3, -0.25) is 24.2 Å². The zero-order chi connectivity index (χ0) is 35.5. The van der Waals surface area contributed by atoms with Crippen LogP contribution in [0.4, 0.5) is 18.9 Å². The number of para-hydroxylation sites is 1. The van der Waals surface area contributed by atoms with E-state index in [2.05, 4.69) is 10.2 Å². The van der Waals surface area contributed by atoms with Gasteiger partial charge in [-0.1, -0.05) is 29.8 Å². The van der Waals surface area contributed by atoms with Crippen LogP contribution in [0, 0.1) is 11.7 Å². The van der Waals surface area contributed by atoms with Crippen LogP contribution in [0.2, 0.25) is 5.02 Å². The van der Waals surface area contributed by atoms with E-state index in [0.717, 1.165) is 17.0 Å². The number of carboxylic acids is 1. The molecule has 2 aliphatic heterocycles. The van der Waals surface area contributed by atoms with Crippen LogP contribution in [-0.4, -0.2) is 113 Å². The molecule has 0 bridgehead atoms. The first kappa shape index (κ1) is 36.2. The van der Waals surface area contributed by atoms with Crippen molar-refractivity contribution in [2.75, 3.05) is 51.2 Å². The number of aliphatic carboxylic acids is 1. The molecule has 2 aromatic carbocycles. The van der Waals surface area contributed by atoms with Crippen molar-refractivity contribution >= 4 is 46.0 Å². The third-order valence-electron chi connectivity index (χ3n) is 10.4. The van der Waals surface area contributed by atoms with E-state index in [1.54, 1.807) is 16.0 Å². The minimum atomic E-state index is -2.39. The average Bonchev–Trinajstić information content (AvgIpc) is 3.68. The highest BCUT2D eigenvalue weighted by Crippen LogP contribution is 2.31. The number of aryl methyl sites for hydroxylation is 1. The molecule has 1 aliphatic carbocycles. The molecule has 2 saturated heterocycles. The largest absolute Gasteiger partial charge is 0.481 e. The number of ether oxygens (including phenoxy) is 1. The summed E-state index contributed by atoms with van der Waals surface area (Å²) in [6, 6.07) is 9.64. The number of nitrogens with one attached hydrogen (secondary N) is 1. The predicted octanol–water partition coefficient (Wildman–Crippen LogP) is 5.28. The van der Waals surface area contributed by atoms with Crippen molar-refractivity contribution < 1.29 is 37.4 Å². The van der Waals surface area contributed by atoms with Gasteiger partial charge in [0.2, 0.25) is 5.91 Å². The number of aromatic nitrogens is 1. The number of alkyl halides is 2. The predicted molar refractivity (Wildman–Crippen MR) is 183 cm³/mol. The fourth-order valence-corrected chi connectivity index (χ4v) is 7.88. The Morgan fingerprint density at radius 2 is 1.78 bits per heavy atom. The van der Waals surface area contributed by atoms with Crippen LogP contribution in [0.25, 0.3) is 10.9 Å². The van der Waals surface area contributed by atoms with E-state index in [4.69, 9.17) is 16.3 Å². The molecule has 0 spiro atoms. The molecule has 1 saturated carbocycles. The van der Waals surface area contributed by atoms with E-state index in [1.807, 2.05) is 35.9 Å².